The Morgan fingerprint density at radius 3 is 2.47 bits per heavy atom. The number of aliphatic hydroxyl groups is 1. The van der Waals surface area contributed by atoms with Gasteiger partial charge in [-0.25, -0.2) is 4.39 Å². The molecular formula is C22H31FIN3O3. The SMILES string of the molecule is CCNC(=NCC(O)COCc1ccccc1)NCC(C)Oc1ccc(F)cc1.I. The number of benzene rings is 2. The molecule has 0 spiro atoms. The molecule has 6 nitrogen and oxygen atoms in total. The summed E-state index contributed by atoms with van der Waals surface area (Å²) in [6.07, 6.45) is -0.842. The molecule has 0 radical (unpaired) electrons. The first-order chi connectivity index (χ1) is 14.1. The molecule has 0 fully saturated rings. The molecule has 2 unspecified atom stereocenters. The second-order valence-electron chi connectivity index (χ2n) is 6.64. The molecule has 0 aromatic heterocycles. The van der Waals surface area contributed by atoms with E-state index in [1.165, 1.54) is 12.1 Å². The molecule has 2 rings (SSSR count). The van der Waals surface area contributed by atoms with Crippen molar-refractivity contribution >= 4 is 29.9 Å². The Hall–Kier alpha value is -1.91. The summed E-state index contributed by atoms with van der Waals surface area (Å²) in [5.41, 5.74) is 1.06. The van der Waals surface area contributed by atoms with E-state index in [4.69, 9.17) is 9.47 Å². The molecule has 0 aliphatic carbocycles. The fourth-order valence-corrected chi connectivity index (χ4v) is 2.51. The zero-order valence-corrected chi connectivity index (χ0v) is 19.7. The molecular weight excluding hydrogens is 500 g/mol. The molecule has 0 heterocycles. The van der Waals surface area contributed by atoms with Crippen molar-refractivity contribution in [3.63, 3.8) is 0 Å². The molecule has 2 aromatic rings. The van der Waals surface area contributed by atoms with Crippen molar-refractivity contribution in [3.05, 3.63) is 66.0 Å². The number of hydrogen-bond acceptors (Lipinski definition) is 4. The standard InChI is InChI=1S/C22H30FN3O3.HI/c1-3-24-22(25-13-17(2)29-21-11-9-19(23)10-12-21)26-14-20(27)16-28-15-18-7-5-4-6-8-18;/h4-12,17,20,27H,3,13-16H2,1-2H3,(H2,24,25,26);1H. The number of guanidine groups is 1. The molecule has 3 N–H and O–H groups in total. The molecule has 0 saturated heterocycles. The third-order valence-corrected chi connectivity index (χ3v) is 3.93. The Morgan fingerprint density at radius 1 is 1.10 bits per heavy atom. The van der Waals surface area contributed by atoms with Crippen LogP contribution in [-0.2, 0) is 11.3 Å². The predicted molar refractivity (Wildman–Crippen MR) is 128 cm³/mol. The molecule has 0 aliphatic rings. The van der Waals surface area contributed by atoms with Crippen LogP contribution in [0.4, 0.5) is 4.39 Å². The highest BCUT2D eigenvalue weighted by molar-refractivity contribution is 14.0. The van der Waals surface area contributed by atoms with Crippen LogP contribution in [0.3, 0.4) is 0 Å². The van der Waals surface area contributed by atoms with Gasteiger partial charge >= 0.3 is 0 Å². The summed E-state index contributed by atoms with van der Waals surface area (Å²) in [5.74, 6) is 0.897. The van der Waals surface area contributed by atoms with Gasteiger partial charge in [0.2, 0.25) is 0 Å². The van der Waals surface area contributed by atoms with Crippen LogP contribution in [0.25, 0.3) is 0 Å². The summed E-state index contributed by atoms with van der Waals surface area (Å²) < 4.78 is 24.2. The lowest BCUT2D eigenvalue weighted by molar-refractivity contribution is 0.0331. The Kier molecular flexibility index (Phi) is 13.0. The van der Waals surface area contributed by atoms with Gasteiger partial charge in [-0.3, -0.25) is 4.99 Å². The van der Waals surface area contributed by atoms with Crippen LogP contribution >= 0.6 is 24.0 Å². The fraction of sp³-hybridized carbons (Fsp3) is 0.409. The summed E-state index contributed by atoms with van der Waals surface area (Å²) in [6.45, 7) is 5.96. The van der Waals surface area contributed by atoms with Gasteiger partial charge in [0.25, 0.3) is 0 Å². The molecule has 0 saturated carbocycles. The van der Waals surface area contributed by atoms with E-state index in [9.17, 15) is 9.50 Å². The third-order valence-electron chi connectivity index (χ3n) is 3.93. The van der Waals surface area contributed by atoms with Crippen molar-refractivity contribution in [1.82, 2.24) is 10.6 Å². The highest BCUT2D eigenvalue weighted by Gasteiger charge is 2.08. The van der Waals surface area contributed by atoms with Crippen LogP contribution in [-0.4, -0.2) is 49.5 Å². The first kappa shape index (κ1) is 26.1. The molecule has 0 aliphatic heterocycles. The monoisotopic (exact) mass is 531 g/mol. The molecule has 2 aromatic carbocycles. The second-order valence-corrected chi connectivity index (χ2v) is 6.64. The van der Waals surface area contributed by atoms with Gasteiger partial charge in [-0.05, 0) is 43.7 Å². The third kappa shape index (κ3) is 10.7. The van der Waals surface area contributed by atoms with E-state index in [-0.39, 0.29) is 49.0 Å². The number of halogens is 2. The lowest BCUT2D eigenvalue weighted by Gasteiger charge is -2.18. The number of aliphatic hydroxyl groups excluding tert-OH is 1. The van der Waals surface area contributed by atoms with Gasteiger partial charge < -0.3 is 25.2 Å². The van der Waals surface area contributed by atoms with Crippen molar-refractivity contribution in [2.75, 3.05) is 26.2 Å². The average molecular weight is 531 g/mol. The minimum Gasteiger partial charge on any atom is -0.489 e. The number of rotatable bonds is 11. The number of nitrogens with zero attached hydrogens (tertiary/aromatic N) is 1. The molecule has 8 heteroatoms. The van der Waals surface area contributed by atoms with E-state index < -0.39 is 6.10 Å². The summed E-state index contributed by atoms with van der Waals surface area (Å²) in [4.78, 5) is 4.39. The topological polar surface area (TPSA) is 75.1 Å². The number of ether oxygens (including phenoxy) is 2. The van der Waals surface area contributed by atoms with Crippen molar-refractivity contribution in [2.24, 2.45) is 4.99 Å². The minimum atomic E-state index is -0.693. The molecule has 30 heavy (non-hydrogen) atoms. The lowest BCUT2D eigenvalue weighted by atomic mass is 10.2. The Bertz CT molecular complexity index is 732. The van der Waals surface area contributed by atoms with E-state index in [1.807, 2.05) is 44.2 Å². The van der Waals surface area contributed by atoms with E-state index >= 15 is 0 Å². The zero-order chi connectivity index (χ0) is 20.9. The first-order valence-corrected chi connectivity index (χ1v) is 9.81. The average Bonchev–Trinajstić information content (AvgIpc) is 2.72. The van der Waals surface area contributed by atoms with Crippen LogP contribution < -0.4 is 15.4 Å². The van der Waals surface area contributed by atoms with E-state index in [0.717, 1.165) is 5.56 Å². The zero-order valence-electron chi connectivity index (χ0n) is 17.4. The maximum absolute atomic E-state index is 13.0. The maximum Gasteiger partial charge on any atom is 0.191 e. The van der Waals surface area contributed by atoms with Crippen molar-refractivity contribution in [2.45, 2.75) is 32.7 Å². The normalized spacial score (nSPS) is 13.1. The van der Waals surface area contributed by atoms with Crippen molar-refractivity contribution < 1.29 is 19.0 Å². The predicted octanol–water partition coefficient (Wildman–Crippen LogP) is 3.34. The molecule has 0 amide bonds. The number of aliphatic imine (C=N–C) groups is 1. The van der Waals surface area contributed by atoms with Crippen molar-refractivity contribution in [3.8, 4) is 5.75 Å². The van der Waals surface area contributed by atoms with Crippen LogP contribution in [0, 0.1) is 5.82 Å². The number of nitrogens with one attached hydrogen (secondary N) is 2. The van der Waals surface area contributed by atoms with E-state index in [1.54, 1.807) is 12.1 Å². The molecule has 166 valence electrons. The maximum atomic E-state index is 13.0. The highest BCUT2D eigenvalue weighted by Crippen LogP contribution is 2.12. The van der Waals surface area contributed by atoms with Gasteiger partial charge in [0.15, 0.2) is 5.96 Å². The lowest BCUT2D eigenvalue weighted by Crippen LogP contribution is -2.42. The van der Waals surface area contributed by atoms with E-state index in [2.05, 4.69) is 15.6 Å². The largest absolute Gasteiger partial charge is 0.489 e. The summed E-state index contributed by atoms with van der Waals surface area (Å²) in [6, 6.07) is 15.7. The Labute approximate surface area is 194 Å². The van der Waals surface area contributed by atoms with Crippen LogP contribution in [0.15, 0.2) is 59.6 Å². The molecule has 2 atom stereocenters. The quantitative estimate of drug-likeness (QED) is 0.236. The van der Waals surface area contributed by atoms with Gasteiger partial charge in [-0.1, -0.05) is 30.3 Å². The van der Waals surface area contributed by atoms with Crippen LogP contribution in [0.5, 0.6) is 5.75 Å². The van der Waals surface area contributed by atoms with Gasteiger partial charge in [0, 0.05) is 6.54 Å². The minimum absolute atomic E-state index is 0. The van der Waals surface area contributed by atoms with Gasteiger partial charge in [0.1, 0.15) is 17.7 Å². The smallest absolute Gasteiger partial charge is 0.191 e. The number of hydrogen-bond donors (Lipinski definition) is 3. The highest BCUT2D eigenvalue weighted by atomic mass is 127. The Morgan fingerprint density at radius 2 is 1.80 bits per heavy atom. The van der Waals surface area contributed by atoms with Crippen molar-refractivity contribution in [1.29, 1.82) is 0 Å². The van der Waals surface area contributed by atoms with Gasteiger partial charge in [-0.2, -0.15) is 0 Å². The fourth-order valence-electron chi connectivity index (χ4n) is 2.51. The second kappa shape index (κ2) is 15.0. The first-order valence-electron chi connectivity index (χ1n) is 9.81. The Balaban J connectivity index is 0.00000450. The summed E-state index contributed by atoms with van der Waals surface area (Å²) in [5, 5.41) is 16.4. The summed E-state index contributed by atoms with van der Waals surface area (Å²) in [7, 11) is 0. The van der Waals surface area contributed by atoms with Crippen LogP contribution in [0.1, 0.15) is 19.4 Å². The summed E-state index contributed by atoms with van der Waals surface area (Å²) >= 11 is 0. The van der Waals surface area contributed by atoms with Gasteiger partial charge in [0.05, 0.1) is 32.4 Å². The molecule has 0 bridgehead atoms. The van der Waals surface area contributed by atoms with Crippen LogP contribution in [0.2, 0.25) is 0 Å². The van der Waals surface area contributed by atoms with E-state index in [0.29, 0.717) is 31.4 Å². The van der Waals surface area contributed by atoms with Gasteiger partial charge in [-0.15, -0.1) is 24.0 Å².